The number of carbonyl (C=O) groups excluding carboxylic acids is 1. The Bertz CT molecular complexity index is 1020. The number of aryl methyl sites for hydroxylation is 1. The van der Waals surface area contributed by atoms with Gasteiger partial charge in [-0.25, -0.2) is 13.2 Å². The quantitative estimate of drug-likeness (QED) is 0.451. The Hall–Kier alpha value is -1.84. The Balaban J connectivity index is 1.63. The van der Waals surface area contributed by atoms with Crippen molar-refractivity contribution in [2.75, 3.05) is 39.5 Å². The van der Waals surface area contributed by atoms with Gasteiger partial charge in [0, 0.05) is 18.1 Å². The lowest BCUT2D eigenvalue weighted by Crippen LogP contribution is -2.40. The molecule has 0 N–H and O–H groups in total. The van der Waals surface area contributed by atoms with Crippen molar-refractivity contribution in [3.05, 3.63) is 57.6 Å². The molecule has 0 saturated carbocycles. The lowest BCUT2D eigenvalue weighted by atomic mass is 10.1. The third-order valence-electron chi connectivity index (χ3n) is 4.48. The number of halogens is 2. The first kappa shape index (κ1) is 22.8. The number of hydrogen-bond acceptors (Lipinski definition) is 6. The van der Waals surface area contributed by atoms with Crippen LogP contribution in [0.4, 0.5) is 0 Å². The molecule has 1 saturated heterocycles. The molecule has 1 aliphatic heterocycles. The van der Waals surface area contributed by atoms with Crippen LogP contribution in [-0.4, -0.2) is 58.2 Å². The van der Waals surface area contributed by atoms with Crippen LogP contribution in [0.5, 0.6) is 5.75 Å². The predicted octanol–water partition coefficient (Wildman–Crippen LogP) is 3.56. The minimum atomic E-state index is -3.72. The summed E-state index contributed by atoms with van der Waals surface area (Å²) in [5.41, 5.74) is 0.704. The van der Waals surface area contributed by atoms with Gasteiger partial charge < -0.3 is 14.2 Å². The molecule has 10 heteroatoms. The van der Waals surface area contributed by atoms with Crippen LogP contribution in [0, 0.1) is 6.92 Å². The summed E-state index contributed by atoms with van der Waals surface area (Å²) in [7, 11) is -3.72. The molecule has 2 aromatic rings. The Kier molecular flexibility index (Phi) is 7.60. The Morgan fingerprint density at radius 2 is 1.83 bits per heavy atom. The topological polar surface area (TPSA) is 82.1 Å². The minimum Gasteiger partial charge on any atom is -0.488 e. The number of carbonyl (C=O) groups is 1. The average molecular weight is 474 g/mol. The maximum absolute atomic E-state index is 12.9. The van der Waals surface area contributed by atoms with Gasteiger partial charge in [-0.15, -0.1) is 0 Å². The molecule has 1 heterocycles. The van der Waals surface area contributed by atoms with E-state index in [0.717, 1.165) is 0 Å². The molecule has 1 fully saturated rings. The van der Waals surface area contributed by atoms with Crippen LogP contribution < -0.4 is 4.74 Å². The van der Waals surface area contributed by atoms with Gasteiger partial charge in [0.15, 0.2) is 0 Å². The van der Waals surface area contributed by atoms with Crippen molar-refractivity contribution in [3.63, 3.8) is 0 Å². The van der Waals surface area contributed by atoms with Crippen LogP contribution in [-0.2, 0) is 19.5 Å². The molecule has 0 bridgehead atoms. The van der Waals surface area contributed by atoms with Crippen molar-refractivity contribution in [2.45, 2.75) is 11.8 Å². The Labute approximate surface area is 185 Å². The molecule has 3 rings (SSSR count). The van der Waals surface area contributed by atoms with E-state index >= 15 is 0 Å². The molecule has 0 aromatic heterocycles. The fourth-order valence-electron chi connectivity index (χ4n) is 2.89. The average Bonchev–Trinajstić information content (AvgIpc) is 2.73. The first-order chi connectivity index (χ1) is 14.3. The van der Waals surface area contributed by atoms with Gasteiger partial charge in [-0.2, -0.15) is 4.31 Å². The zero-order valence-electron chi connectivity index (χ0n) is 16.3. The van der Waals surface area contributed by atoms with E-state index < -0.39 is 16.0 Å². The van der Waals surface area contributed by atoms with Gasteiger partial charge in [-0.1, -0.05) is 29.3 Å². The van der Waals surface area contributed by atoms with Gasteiger partial charge in [0.25, 0.3) is 0 Å². The summed E-state index contributed by atoms with van der Waals surface area (Å²) in [5.74, 6) is -0.217. The van der Waals surface area contributed by atoms with Crippen molar-refractivity contribution in [2.24, 2.45) is 0 Å². The maximum Gasteiger partial charge on any atom is 0.338 e. The number of ether oxygens (including phenoxy) is 3. The van der Waals surface area contributed by atoms with Gasteiger partial charge >= 0.3 is 5.97 Å². The van der Waals surface area contributed by atoms with E-state index in [-0.39, 0.29) is 36.8 Å². The number of morpholine rings is 1. The molecule has 0 radical (unpaired) electrons. The molecule has 0 amide bonds. The summed E-state index contributed by atoms with van der Waals surface area (Å²) in [5, 5.41) is 0.839. The summed E-state index contributed by atoms with van der Waals surface area (Å²) in [6, 6.07) is 9.28. The fourth-order valence-corrected chi connectivity index (χ4v) is 5.01. The van der Waals surface area contributed by atoms with Crippen LogP contribution in [0.15, 0.2) is 41.3 Å². The Morgan fingerprint density at radius 1 is 1.10 bits per heavy atom. The van der Waals surface area contributed by atoms with E-state index in [2.05, 4.69) is 0 Å². The van der Waals surface area contributed by atoms with E-state index in [9.17, 15) is 13.2 Å². The highest BCUT2D eigenvalue weighted by Crippen LogP contribution is 2.27. The predicted molar refractivity (Wildman–Crippen MR) is 113 cm³/mol. The van der Waals surface area contributed by atoms with E-state index in [0.29, 0.717) is 34.6 Å². The number of sulfonamides is 1. The highest BCUT2D eigenvalue weighted by molar-refractivity contribution is 7.89. The minimum absolute atomic E-state index is 0.0305. The summed E-state index contributed by atoms with van der Waals surface area (Å²) >= 11 is 11.9. The number of nitrogens with zero attached hydrogens (tertiary/aromatic N) is 1. The van der Waals surface area contributed by atoms with Crippen molar-refractivity contribution >= 4 is 39.2 Å². The first-order valence-corrected chi connectivity index (χ1v) is 11.4. The molecule has 0 aliphatic carbocycles. The van der Waals surface area contributed by atoms with E-state index in [1.54, 1.807) is 31.2 Å². The van der Waals surface area contributed by atoms with Crippen molar-refractivity contribution in [1.82, 2.24) is 4.31 Å². The van der Waals surface area contributed by atoms with Crippen molar-refractivity contribution < 1.29 is 27.4 Å². The van der Waals surface area contributed by atoms with E-state index in [4.69, 9.17) is 37.4 Å². The zero-order chi connectivity index (χ0) is 21.7. The summed E-state index contributed by atoms with van der Waals surface area (Å²) < 4.78 is 43.1. The van der Waals surface area contributed by atoms with Gasteiger partial charge in [0.1, 0.15) is 19.0 Å². The number of rotatable bonds is 7. The highest BCUT2D eigenvalue weighted by atomic mass is 35.5. The molecule has 0 spiro atoms. The number of esters is 1. The SMILES string of the molecule is Cc1ccc(C(=O)OCCOc2ccc(Cl)cc2Cl)cc1S(=O)(=O)N1CCOCC1. The van der Waals surface area contributed by atoms with Crippen LogP contribution >= 0.6 is 23.2 Å². The van der Waals surface area contributed by atoms with Gasteiger partial charge in [-0.3, -0.25) is 0 Å². The molecule has 0 atom stereocenters. The Morgan fingerprint density at radius 3 is 2.53 bits per heavy atom. The molecular weight excluding hydrogens is 453 g/mol. The third-order valence-corrected chi connectivity index (χ3v) is 7.05. The largest absolute Gasteiger partial charge is 0.488 e. The van der Waals surface area contributed by atoms with Crippen molar-refractivity contribution in [3.8, 4) is 5.75 Å². The van der Waals surface area contributed by atoms with Gasteiger partial charge in [0.2, 0.25) is 10.0 Å². The van der Waals surface area contributed by atoms with Crippen LogP contribution in [0.1, 0.15) is 15.9 Å². The first-order valence-electron chi connectivity index (χ1n) is 9.22. The molecule has 162 valence electrons. The molecule has 2 aromatic carbocycles. The monoisotopic (exact) mass is 473 g/mol. The molecule has 30 heavy (non-hydrogen) atoms. The standard InChI is InChI=1S/C20H21Cl2NO6S/c1-14-2-3-15(12-19(14)30(25,26)23-6-8-27-9-7-23)20(24)29-11-10-28-18-5-4-16(21)13-17(18)22/h2-5,12-13H,6-11H2,1H3. The summed E-state index contributed by atoms with van der Waals surface area (Å²) in [6.07, 6.45) is 0. The molecule has 1 aliphatic rings. The third kappa shape index (κ3) is 5.44. The molecule has 7 nitrogen and oxygen atoms in total. The second-order valence-electron chi connectivity index (χ2n) is 6.56. The van der Waals surface area contributed by atoms with E-state index in [1.807, 2.05) is 0 Å². The van der Waals surface area contributed by atoms with Crippen molar-refractivity contribution in [1.29, 1.82) is 0 Å². The smallest absolute Gasteiger partial charge is 0.338 e. The lowest BCUT2D eigenvalue weighted by Gasteiger charge is -2.26. The lowest BCUT2D eigenvalue weighted by molar-refractivity contribution is 0.0450. The normalized spacial score (nSPS) is 15.0. The van der Waals surface area contributed by atoms with E-state index in [1.165, 1.54) is 16.4 Å². The second-order valence-corrected chi connectivity index (χ2v) is 9.31. The summed E-state index contributed by atoms with van der Waals surface area (Å²) in [4.78, 5) is 12.5. The summed E-state index contributed by atoms with van der Waals surface area (Å²) in [6.45, 7) is 2.98. The second kappa shape index (κ2) is 9.98. The maximum atomic E-state index is 12.9. The van der Waals surface area contributed by atoms with Gasteiger partial charge in [-0.05, 0) is 42.8 Å². The number of benzene rings is 2. The molecule has 0 unspecified atom stereocenters. The van der Waals surface area contributed by atoms with Crippen LogP contribution in [0.2, 0.25) is 10.0 Å². The van der Waals surface area contributed by atoms with Crippen LogP contribution in [0.3, 0.4) is 0 Å². The number of hydrogen-bond donors (Lipinski definition) is 0. The van der Waals surface area contributed by atoms with Crippen LogP contribution in [0.25, 0.3) is 0 Å². The highest BCUT2D eigenvalue weighted by Gasteiger charge is 2.28. The van der Waals surface area contributed by atoms with Gasteiger partial charge in [0.05, 0.1) is 28.7 Å². The zero-order valence-corrected chi connectivity index (χ0v) is 18.6. The fraction of sp³-hybridized carbons (Fsp3) is 0.350. The molecular formula is C20H21Cl2NO6S.